The molecule has 3 heteroatoms. The third-order valence-electron chi connectivity index (χ3n) is 3.87. The number of carboxylic acid groups (broad SMARTS) is 1. The predicted molar refractivity (Wildman–Crippen MR) is 71.5 cm³/mol. The fourth-order valence-electron chi connectivity index (χ4n) is 2.57. The van der Waals surface area contributed by atoms with Gasteiger partial charge in [-0.3, -0.25) is 9.69 Å². The Balaban J connectivity index is 2.01. The van der Waals surface area contributed by atoms with E-state index in [-0.39, 0.29) is 0 Å². The normalized spacial score (nSPS) is 24.3. The molecule has 1 atom stereocenters. The lowest BCUT2D eigenvalue weighted by Gasteiger charge is -2.20. The van der Waals surface area contributed by atoms with Crippen LogP contribution in [0.4, 0.5) is 0 Å². The molecule has 0 radical (unpaired) electrons. The fourth-order valence-corrected chi connectivity index (χ4v) is 2.57. The van der Waals surface area contributed by atoms with Crippen molar-refractivity contribution in [3.05, 3.63) is 35.4 Å². The Labute approximate surface area is 108 Å². The molecule has 1 saturated heterocycles. The molecule has 1 fully saturated rings. The smallest absolute Gasteiger partial charge is 0.310 e. The quantitative estimate of drug-likeness (QED) is 0.889. The van der Waals surface area contributed by atoms with Gasteiger partial charge in [0.15, 0.2) is 0 Å². The van der Waals surface area contributed by atoms with E-state index in [4.69, 9.17) is 0 Å². The maximum Gasteiger partial charge on any atom is 0.310 e. The van der Waals surface area contributed by atoms with E-state index in [1.54, 1.807) is 0 Å². The van der Waals surface area contributed by atoms with Crippen LogP contribution in [0.5, 0.6) is 0 Å². The zero-order chi connectivity index (χ0) is 13.2. The molecule has 0 bridgehead atoms. The van der Waals surface area contributed by atoms with Crippen molar-refractivity contribution >= 4 is 5.97 Å². The van der Waals surface area contributed by atoms with Crippen molar-refractivity contribution in [2.75, 3.05) is 13.1 Å². The first-order chi connectivity index (χ1) is 8.53. The molecule has 0 amide bonds. The Hall–Kier alpha value is -1.35. The molecule has 2 rings (SSSR count). The number of carboxylic acids is 1. The highest BCUT2D eigenvalue weighted by molar-refractivity contribution is 5.74. The molecular formula is C15H21NO2. The number of rotatable bonds is 4. The van der Waals surface area contributed by atoms with Crippen LogP contribution in [-0.4, -0.2) is 29.1 Å². The molecule has 1 heterocycles. The second-order valence-electron chi connectivity index (χ2n) is 5.50. The first kappa shape index (κ1) is 13.1. The molecule has 18 heavy (non-hydrogen) atoms. The third kappa shape index (κ3) is 2.72. The molecule has 0 aliphatic carbocycles. The monoisotopic (exact) mass is 247 g/mol. The Morgan fingerprint density at radius 2 is 2.17 bits per heavy atom. The highest BCUT2D eigenvalue weighted by atomic mass is 16.4. The molecule has 1 aromatic rings. The predicted octanol–water partition coefficient (Wildman–Crippen LogP) is 2.55. The summed E-state index contributed by atoms with van der Waals surface area (Å²) in [6, 6.07) is 8.56. The summed E-state index contributed by atoms with van der Waals surface area (Å²) in [6.07, 6.45) is 1.79. The van der Waals surface area contributed by atoms with Crippen LogP contribution >= 0.6 is 0 Å². The largest absolute Gasteiger partial charge is 0.481 e. The lowest BCUT2D eigenvalue weighted by molar-refractivity contribution is -0.147. The maximum absolute atomic E-state index is 11.2. The summed E-state index contributed by atoms with van der Waals surface area (Å²) in [6.45, 7) is 6.38. The standard InChI is InChI=1S/C15H21NO2/c1-3-12-5-4-6-13(9-12)10-16-8-7-15(2,11-16)14(17)18/h4-6,9H,3,7-8,10-11H2,1-2H3,(H,17,18). The van der Waals surface area contributed by atoms with Crippen LogP contribution in [0.25, 0.3) is 0 Å². The Morgan fingerprint density at radius 1 is 1.44 bits per heavy atom. The lowest BCUT2D eigenvalue weighted by atomic mass is 9.90. The van der Waals surface area contributed by atoms with Crippen molar-refractivity contribution in [2.45, 2.75) is 33.2 Å². The molecule has 3 nitrogen and oxygen atoms in total. The van der Waals surface area contributed by atoms with Gasteiger partial charge in [0.1, 0.15) is 0 Å². The molecule has 1 N–H and O–H groups in total. The number of aliphatic carboxylic acids is 1. The number of benzene rings is 1. The van der Waals surface area contributed by atoms with E-state index >= 15 is 0 Å². The Bertz CT molecular complexity index is 444. The molecule has 1 aliphatic rings. The van der Waals surface area contributed by atoms with Crippen molar-refractivity contribution in [1.82, 2.24) is 4.90 Å². The van der Waals surface area contributed by atoms with Crippen LogP contribution in [-0.2, 0) is 17.8 Å². The van der Waals surface area contributed by atoms with E-state index in [2.05, 4.69) is 36.1 Å². The van der Waals surface area contributed by atoms with Gasteiger partial charge >= 0.3 is 5.97 Å². The van der Waals surface area contributed by atoms with Crippen LogP contribution in [0.2, 0.25) is 0 Å². The molecule has 0 spiro atoms. The van der Waals surface area contributed by atoms with Crippen LogP contribution < -0.4 is 0 Å². The van der Waals surface area contributed by atoms with Gasteiger partial charge in [0.05, 0.1) is 5.41 Å². The molecular weight excluding hydrogens is 226 g/mol. The van der Waals surface area contributed by atoms with Crippen LogP contribution in [0, 0.1) is 5.41 Å². The molecule has 1 aliphatic heterocycles. The van der Waals surface area contributed by atoms with Gasteiger partial charge in [-0.15, -0.1) is 0 Å². The first-order valence-corrected chi connectivity index (χ1v) is 6.57. The summed E-state index contributed by atoms with van der Waals surface area (Å²) in [4.78, 5) is 13.4. The number of likely N-dealkylation sites (tertiary alicyclic amines) is 1. The minimum atomic E-state index is -0.674. The number of aryl methyl sites for hydroxylation is 1. The number of nitrogens with zero attached hydrogens (tertiary/aromatic N) is 1. The molecule has 98 valence electrons. The van der Waals surface area contributed by atoms with E-state index < -0.39 is 11.4 Å². The second kappa shape index (κ2) is 5.11. The number of hydrogen-bond donors (Lipinski definition) is 1. The SMILES string of the molecule is CCc1cccc(CN2CCC(C)(C(=O)O)C2)c1. The summed E-state index contributed by atoms with van der Waals surface area (Å²) < 4.78 is 0. The van der Waals surface area contributed by atoms with Gasteiger partial charge in [-0.25, -0.2) is 0 Å². The molecule has 0 saturated carbocycles. The minimum absolute atomic E-state index is 0.567. The van der Waals surface area contributed by atoms with Gasteiger partial charge in [-0.2, -0.15) is 0 Å². The molecule has 0 aromatic heterocycles. The van der Waals surface area contributed by atoms with Crippen LogP contribution in [0.1, 0.15) is 31.4 Å². The Morgan fingerprint density at radius 3 is 2.78 bits per heavy atom. The number of hydrogen-bond acceptors (Lipinski definition) is 2. The summed E-state index contributed by atoms with van der Waals surface area (Å²) in [5, 5.41) is 9.21. The van der Waals surface area contributed by atoms with Gasteiger partial charge < -0.3 is 5.11 Å². The van der Waals surface area contributed by atoms with E-state index in [9.17, 15) is 9.90 Å². The summed E-state index contributed by atoms with van der Waals surface area (Å²) >= 11 is 0. The van der Waals surface area contributed by atoms with Crippen molar-refractivity contribution < 1.29 is 9.90 Å². The minimum Gasteiger partial charge on any atom is -0.481 e. The van der Waals surface area contributed by atoms with E-state index in [0.717, 1.165) is 25.9 Å². The average molecular weight is 247 g/mol. The highest BCUT2D eigenvalue weighted by Gasteiger charge is 2.40. The number of carbonyl (C=O) groups is 1. The van der Waals surface area contributed by atoms with Crippen molar-refractivity contribution in [3.63, 3.8) is 0 Å². The Kier molecular flexibility index (Phi) is 3.71. The molecule has 1 aromatic carbocycles. The third-order valence-corrected chi connectivity index (χ3v) is 3.87. The summed E-state index contributed by atoms with van der Waals surface area (Å²) in [5.41, 5.74) is 2.05. The summed E-state index contributed by atoms with van der Waals surface area (Å²) in [7, 11) is 0. The van der Waals surface area contributed by atoms with Crippen LogP contribution in [0.15, 0.2) is 24.3 Å². The van der Waals surface area contributed by atoms with Gasteiger partial charge in [0.2, 0.25) is 0 Å². The molecule has 1 unspecified atom stereocenters. The zero-order valence-corrected chi connectivity index (χ0v) is 11.1. The van der Waals surface area contributed by atoms with E-state index in [1.165, 1.54) is 11.1 Å². The second-order valence-corrected chi connectivity index (χ2v) is 5.50. The van der Waals surface area contributed by atoms with Crippen LogP contribution in [0.3, 0.4) is 0 Å². The van der Waals surface area contributed by atoms with Gasteiger partial charge in [-0.05, 0) is 37.4 Å². The summed E-state index contributed by atoms with van der Waals surface area (Å²) in [5.74, 6) is -0.674. The highest BCUT2D eigenvalue weighted by Crippen LogP contribution is 2.31. The first-order valence-electron chi connectivity index (χ1n) is 6.57. The fraction of sp³-hybridized carbons (Fsp3) is 0.533. The van der Waals surface area contributed by atoms with E-state index in [1.807, 2.05) is 6.92 Å². The lowest BCUT2D eigenvalue weighted by Crippen LogP contribution is -2.31. The van der Waals surface area contributed by atoms with Gasteiger partial charge in [0, 0.05) is 13.1 Å². The van der Waals surface area contributed by atoms with Crippen molar-refractivity contribution in [1.29, 1.82) is 0 Å². The van der Waals surface area contributed by atoms with Gasteiger partial charge in [0.25, 0.3) is 0 Å². The maximum atomic E-state index is 11.2. The van der Waals surface area contributed by atoms with Crippen molar-refractivity contribution in [3.8, 4) is 0 Å². The zero-order valence-electron chi connectivity index (χ0n) is 11.1. The topological polar surface area (TPSA) is 40.5 Å². The van der Waals surface area contributed by atoms with Gasteiger partial charge in [-0.1, -0.05) is 31.2 Å². The van der Waals surface area contributed by atoms with E-state index in [0.29, 0.717) is 6.54 Å². The van der Waals surface area contributed by atoms with Crippen molar-refractivity contribution in [2.24, 2.45) is 5.41 Å². The average Bonchev–Trinajstić information content (AvgIpc) is 2.72.